The first-order valence-electron chi connectivity index (χ1n) is 6.25. The van der Waals surface area contributed by atoms with Crippen LogP contribution in [0.2, 0.25) is 0 Å². The van der Waals surface area contributed by atoms with E-state index < -0.39 is 0 Å². The lowest BCUT2D eigenvalue weighted by Gasteiger charge is -2.04. The van der Waals surface area contributed by atoms with E-state index in [1.807, 2.05) is 18.2 Å². The molecule has 0 aliphatic heterocycles. The normalized spacial score (nSPS) is 10.1. The van der Waals surface area contributed by atoms with Gasteiger partial charge in [-0.15, -0.1) is 0 Å². The molecule has 2 aromatic rings. The lowest BCUT2D eigenvalue weighted by molar-refractivity contribution is -0.128. The van der Waals surface area contributed by atoms with Crippen LogP contribution in [0.25, 0.3) is 0 Å². The maximum atomic E-state index is 10.0. The molecule has 0 aromatic heterocycles. The van der Waals surface area contributed by atoms with Gasteiger partial charge in [-0.05, 0) is 42.7 Å². The van der Waals surface area contributed by atoms with E-state index in [2.05, 4.69) is 41.1 Å². The minimum Gasteiger partial charge on any atom is -0.468 e. The first-order chi connectivity index (χ1) is 9.38. The molecule has 0 saturated carbocycles. The highest BCUT2D eigenvalue weighted by Crippen LogP contribution is 2.27. The summed E-state index contributed by atoms with van der Waals surface area (Å²) in [4.78, 5) is 12.5. The Morgan fingerprint density at radius 3 is 2.32 bits per heavy atom. The van der Waals surface area contributed by atoms with Crippen LogP contribution in [-0.2, 0) is 16.0 Å². The van der Waals surface area contributed by atoms with Crippen molar-refractivity contribution < 1.29 is 9.53 Å². The van der Waals surface area contributed by atoms with E-state index in [0.29, 0.717) is 13.1 Å². The monoisotopic (exact) mass is 272 g/mol. The molecule has 98 valence electrons. The summed E-state index contributed by atoms with van der Waals surface area (Å²) in [6, 6.07) is 18.9. The highest BCUT2D eigenvalue weighted by Gasteiger charge is 1.98. The van der Waals surface area contributed by atoms with Crippen LogP contribution in [0.1, 0.15) is 12.0 Å². The maximum Gasteiger partial charge on any atom is 0.293 e. The smallest absolute Gasteiger partial charge is 0.293 e. The first kappa shape index (κ1) is 13.7. The molecule has 19 heavy (non-hydrogen) atoms. The number of aryl methyl sites for hydroxylation is 1. The molecule has 2 rings (SSSR count). The fraction of sp³-hybridized carbons (Fsp3) is 0.188. The summed E-state index contributed by atoms with van der Waals surface area (Å²) in [7, 11) is 0. The lowest BCUT2D eigenvalue weighted by atomic mass is 10.1. The Balaban J connectivity index is 1.86. The van der Waals surface area contributed by atoms with Crippen LogP contribution in [0, 0.1) is 0 Å². The van der Waals surface area contributed by atoms with Gasteiger partial charge < -0.3 is 4.74 Å². The molecule has 0 aliphatic carbocycles. The third kappa shape index (κ3) is 4.79. The van der Waals surface area contributed by atoms with Crippen molar-refractivity contribution in [3.05, 3.63) is 60.2 Å². The average molecular weight is 272 g/mol. The molecule has 0 bridgehead atoms. The Morgan fingerprint density at radius 2 is 1.63 bits per heavy atom. The van der Waals surface area contributed by atoms with Crippen LogP contribution >= 0.6 is 11.8 Å². The Hall–Kier alpha value is -1.74. The van der Waals surface area contributed by atoms with Crippen molar-refractivity contribution in [2.75, 3.05) is 6.61 Å². The fourth-order valence-corrected chi connectivity index (χ4v) is 2.59. The summed E-state index contributed by atoms with van der Waals surface area (Å²) in [5, 5.41) is 0. The van der Waals surface area contributed by atoms with Crippen LogP contribution in [0.3, 0.4) is 0 Å². The van der Waals surface area contributed by atoms with Gasteiger partial charge >= 0.3 is 0 Å². The van der Waals surface area contributed by atoms with Crippen LogP contribution in [-0.4, -0.2) is 13.1 Å². The molecule has 0 N–H and O–H groups in total. The standard InChI is InChI=1S/C16H16O2S/c17-13-18-12-4-5-14-8-10-16(11-9-14)19-15-6-2-1-3-7-15/h1-3,6-11,13H,4-5,12H2. The van der Waals surface area contributed by atoms with Gasteiger partial charge in [0.15, 0.2) is 0 Å². The molecule has 3 heteroatoms. The Bertz CT molecular complexity index is 494. The highest BCUT2D eigenvalue weighted by atomic mass is 32.2. The van der Waals surface area contributed by atoms with Gasteiger partial charge in [0.1, 0.15) is 0 Å². The second kappa shape index (κ2) is 7.64. The van der Waals surface area contributed by atoms with Gasteiger partial charge in [0.05, 0.1) is 6.61 Å². The topological polar surface area (TPSA) is 26.3 Å². The number of carbonyl (C=O) groups excluding carboxylic acids is 1. The molecule has 2 aromatic carbocycles. The minimum absolute atomic E-state index is 0.490. The van der Waals surface area contributed by atoms with Crippen molar-refractivity contribution in [1.29, 1.82) is 0 Å². The van der Waals surface area contributed by atoms with Gasteiger partial charge in [-0.25, -0.2) is 0 Å². The van der Waals surface area contributed by atoms with Crippen molar-refractivity contribution >= 4 is 18.2 Å². The number of carbonyl (C=O) groups is 1. The van der Waals surface area contributed by atoms with Gasteiger partial charge in [0.2, 0.25) is 0 Å². The van der Waals surface area contributed by atoms with Crippen LogP contribution in [0.4, 0.5) is 0 Å². The zero-order valence-corrected chi connectivity index (χ0v) is 11.4. The minimum atomic E-state index is 0.490. The summed E-state index contributed by atoms with van der Waals surface area (Å²) in [6.07, 6.45) is 1.80. The summed E-state index contributed by atoms with van der Waals surface area (Å²) < 4.78 is 4.67. The molecular weight excluding hydrogens is 256 g/mol. The molecule has 0 unspecified atom stereocenters. The lowest BCUT2D eigenvalue weighted by Crippen LogP contribution is -1.94. The third-order valence-corrected chi connectivity index (χ3v) is 3.71. The quantitative estimate of drug-likeness (QED) is 0.564. The molecule has 0 heterocycles. The second-order valence-corrected chi connectivity index (χ2v) is 5.28. The summed E-state index contributed by atoms with van der Waals surface area (Å²) in [6.45, 7) is 0.990. The summed E-state index contributed by atoms with van der Waals surface area (Å²) in [5.41, 5.74) is 1.27. The van der Waals surface area contributed by atoms with E-state index in [1.165, 1.54) is 15.4 Å². The number of rotatable bonds is 7. The van der Waals surface area contributed by atoms with E-state index in [-0.39, 0.29) is 0 Å². The van der Waals surface area contributed by atoms with E-state index >= 15 is 0 Å². The molecule has 0 radical (unpaired) electrons. The number of hydrogen-bond acceptors (Lipinski definition) is 3. The number of ether oxygens (including phenoxy) is 1. The molecule has 0 amide bonds. The molecule has 0 aliphatic rings. The van der Waals surface area contributed by atoms with Crippen LogP contribution in [0.5, 0.6) is 0 Å². The predicted octanol–water partition coefficient (Wildman–Crippen LogP) is 3.94. The maximum absolute atomic E-state index is 10.0. The molecule has 0 spiro atoms. The third-order valence-electron chi connectivity index (χ3n) is 2.70. The Labute approximate surface area is 117 Å². The van der Waals surface area contributed by atoms with Crippen molar-refractivity contribution in [1.82, 2.24) is 0 Å². The predicted molar refractivity (Wildman–Crippen MR) is 77.3 cm³/mol. The van der Waals surface area contributed by atoms with Crippen molar-refractivity contribution in [3.63, 3.8) is 0 Å². The summed E-state index contributed by atoms with van der Waals surface area (Å²) >= 11 is 1.76. The zero-order valence-electron chi connectivity index (χ0n) is 10.6. The van der Waals surface area contributed by atoms with E-state index in [9.17, 15) is 4.79 Å². The van der Waals surface area contributed by atoms with E-state index in [0.717, 1.165) is 12.8 Å². The number of benzene rings is 2. The molecular formula is C16H16O2S. The largest absolute Gasteiger partial charge is 0.468 e. The van der Waals surface area contributed by atoms with Crippen molar-refractivity contribution in [2.24, 2.45) is 0 Å². The Kier molecular flexibility index (Phi) is 5.50. The Morgan fingerprint density at radius 1 is 0.947 bits per heavy atom. The molecule has 2 nitrogen and oxygen atoms in total. The second-order valence-electron chi connectivity index (χ2n) is 4.13. The first-order valence-corrected chi connectivity index (χ1v) is 7.07. The van der Waals surface area contributed by atoms with Gasteiger partial charge in [-0.3, -0.25) is 4.79 Å². The van der Waals surface area contributed by atoms with Gasteiger partial charge in [0, 0.05) is 9.79 Å². The fourth-order valence-electron chi connectivity index (χ4n) is 1.76. The summed E-state index contributed by atoms with van der Waals surface area (Å²) in [5.74, 6) is 0. The van der Waals surface area contributed by atoms with Crippen molar-refractivity contribution in [3.8, 4) is 0 Å². The van der Waals surface area contributed by atoms with Gasteiger partial charge in [-0.2, -0.15) is 0 Å². The molecule has 0 saturated heterocycles. The van der Waals surface area contributed by atoms with E-state index in [4.69, 9.17) is 0 Å². The van der Waals surface area contributed by atoms with Crippen molar-refractivity contribution in [2.45, 2.75) is 22.6 Å². The van der Waals surface area contributed by atoms with Gasteiger partial charge in [-0.1, -0.05) is 42.1 Å². The number of hydrogen-bond donors (Lipinski definition) is 0. The molecule has 0 atom stereocenters. The van der Waals surface area contributed by atoms with Crippen LogP contribution < -0.4 is 0 Å². The molecule has 0 fully saturated rings. The zero-order chi connectivity index (χ0) is 13.3. The average Bonchev–Trinajstić information content (AvgIpc) is 2.46. The highest BCUT2D eigenvalue weighted by molar-refractivity contribution is 7.99. The van der Waals surface area contributed by atoms with E-state index in [1.54, 1.807) is 11.8 Å². The van der Waals surface area contributed by atoms with Crippen LogP contribution in [0.15, 0.2) is 64.4 Å². The van der Waals surface area contributed by atoms with Gasteiger partial charge in [0.25, 0.3) is 6.47 Å². The SMILES string of the molecule is O=COCCCc1ccc(Sc2ccccc2)cc1.